The Balaban J connectivity index is 1.29. The maximum atomic E-state index is 13.4. The van der Waals surface area contributed by atoms with Gasteiger partial charge in [0.05, 0.1) is 25.0 Å². The van der Waals surface area contributed by atoms with Gasteiger partial charge in [-0.3, -0.25) is 4.79 Å². The molecule has 0 unspecified atom stereocenters. The molecular formula is C35H44ClN3O4S. The number of carbonyl (C=O) groups excluding carboxylic acids is 1. The van der Waals surface area contributed by atoms with Crippen LogP contribution in [0, 0.1) is 23.7 Å². The maximum absolute atomic E-state index is 13.4. The van der Waals surface area contributed by atoms with Crippen molar-refractivity contribution in [3.05, 3.63) is 70.3 Å². The Bertz CT molecular complexity index is 1580. The number of carbonyl (C=O) groups is 1. The summed E-state index contributed by atoms with van der Waals surface area (Å²) in [4.78, 5) is 15.8. The van der Waals surface area contributed by atoms with Crippen LogP contribution in [0.25, 0.3) is 0 Å². The van der Waals surface area contributed by atoms with E-state index in [-0.39, 0.29) is 23.2 Å². The van der Waals surface area contributed by atoms with Gasteiger partial charge < -0.3 is 14.4 Å². The number of fused-ring (bicyclic) bond motifs is 4. The summed E-state index contributed by atoms with van der Waals surface area (Å²) in [5, 5.41) is 6.92. The topological polar surface area (TPSA) is 94.2 Å². The summed E-state index contributed by atoms with van der Waals surface area (Å²) < 4.78 is 30.6. The van der Waals surface area contributed by atoms with Crippen molar-refractivity contribution in [3.8, 4) is 5.75 Å². The Morgan fingerprint density at radius 1 is 1.18 bits per heavy atom. The van der Waals surface area contributed by atoms with E-state index in [0.29, 0.717) is 36.3 Å². The Morgan fingerprint density at radius 3 is 2.84 bits per heavy atom. The van der Waals surface area contributed by atoms with Gasteiger partial charge in [0.15, 0.2) is 0 Å². The van der Waals surface area contributed by atoms with E-state index in [0.717, 1.165) is 68.3 Å². The molecule has 2 fully saturated rings. The van der Waals surface area contributed by atoms with Gasteiger partial charge >= 0.3 is 0 Å². The van der Waals surface area contributed by atoms with Crippen LogP contribution in [0.1, 0.15) is 73.4 Å². The molecule has 2 aromatic rings. The second-order valence-corrected chi connectivity index (χ2v) is 16.4. The van der Waals surface area contributed by atoms with E-state index in [1.165, 1.54) is 24.0 Å². The van der Waals surface area contributed by atoms with Crippen LogP contribution in [0.2, 0.25) is 5.02 Å². The van der Waals surface area contributed by atoms with Crippen molar-refractivity contribution in [2.24, 2.45) is 33.2 Å². The van der Waals surface area contributed by atoms with Gasteiger partial charge in [-0.15, -0.1) is 4.36 Å². The van der Waals surface area contributed by atoms with Gasteiger partial charge in [0.25, 0.3) is 5.91 Å². The molecule has 0 saturated heterocycles. The number of amides is 1. The molecule has 0 radical (unpaired) electrons. The van der Waals surface area contributed by atoms with Crippen LogP contribution in [0.3, 0.4) is 0 Å². The highest BCUT2D eigenvalue weighted by Crippen LogP contribution is 2.47. The first-order chi connectivity index (χ1) is 21.2. The molecule has 2 aliphatic heterocycles. The van der Waals surface area contributed by atoms with Gasteiger partial charge in [-0.1, -0.05) is 36.7 Å². The molecule has 236 valence electrons. The zero-order valence-corrected chi connectivity index (χ0v) is 27.2. The van der Waals surface area contributed by atoms with Crippen LogP contribution in [-0.2, 0) is 26.5 Å². The van der Waals surface area contributed by atoms with Crippen molar-refractivity contribution < 1.29 is 18.5 Å². The lowest BCUT2D eigenvalue weighted by atomic mass is 9.68. The van der Waals surface area contributed by atoms with Crippen molar-refractivity contribution in [1.29, 1.82) is 0 Å². The zero-order chi connectivity index (χ0) is 30.5. The van der Waals surface area contributed by atoms with Crippen LogP contribution in [0.15, 0.2) is 52.9 Å². The number of anilines is 1. The number of nitrogens with zero attached hydrogens (tertiary/aromatic N) is 2. The highest BCUT2D eigenvalue weighted by molar-refractivity contribution is 7.91. The highest BCUT2D eigenvalue weighted by atomic mass is 35.5. The van der Waals surface area contributed by atoms with Gasteiger partial charge in [0, 0.05) is 34.8 Å². The summed E-state index contributed by atoms with van der Waals surface area (Å²) in [5.41, 5.74) is 3.70. The Kier molecular flexibility index (Phi) is 8.32. The van der Waals surface area contributed by atoms with E-state index in [9.17, 15) is 9.00 Å². The van der Waals surface area contributed by atoms with E-state index < -0.39 is 15.8 Å². The highest BCUT2D eigenvalue weighted by Gasteiger charge is 2.44. The first kappa shape index (κ1) is 30.3. The van der Waals surface area contributed by atoms with Crippen molar-refractivity contribution in [2.75, 3.05) is 37.0 Å². The Hall–Kier alpha value is -2.39. The predicted octanol–water partition coefficient (Wildman–Crippen LogP) is 6.71. The molecule has 2 heterocycles. The largest absolute Gasteiger partial charge is 0.490 e. The van der Waals surface area contributed by atoms with Crippen LogP contribution in [0.4, 0.5) is 5.69 Å². The van der Waals surface area contributed by atoms with E-state index in [1.54, 1.807) is 6.07 Å². The van der Waals surface area contributed by atoms with E-state index in [4.69, 9.17) is 26.2 Å². The first-order valence-corrected chi connectivity index (χ1v) is 18.5. The SMILES string of the molecule is C[C@H]1C/C=C/[C@H](OCC2CC2)[C@@H]2CC[C@H]2CN2C[C@@]3(CCCc4cc(Cl)ccc43)COc3ccc(cc32)C(=O)N=[S@@](N)(=O)C1. The molecule has 3 aliphatic carbocycles. The summed E-state index contributed by atoms with van der Waals surface area (Å²) >= 11 is 6.44. The summed E-state index contributed by atoms with van der Waals surface area (Å²) in [6, 6.07) is 11.8. The normalized spacial score (nSPS) is 34.5. The zero-order valence-electron chi connectivity index (χ0n) is 25.6. The molecule has 1 spiro atoms. The Morgan fingerprint density at radius 2 is 2.05 bits per heavy atom. The number of allylic oxidation sites excluding steroid dienone is 1. The molecule has 6 atom stereocenters. The average Bonchev–Trinajstić information content (AvgIpc) is 3.80. The molecule has 0 aromatic heterocycles. The molecule has 5 aliphatic rings. The minimum absolute atomic E-state index is 0.0230. The molecule has 7 rings (SSSR count). The molecule has 44 heavy (non-hydrogen) atoms. The summed E-state index contributed by atoms with van der Waals surface area (Å²) in [7, 11) is -3.19. The average molecular weight is 638 g/mol. The first-order valence-electron chi connectivity index (χ1n) is 16.3. The second-order valence-electron chi connectivity index (χ2n) is 14.1. The maximum Gasteiger partial charge on any atom is 0.286 e. The fraction of sp³-hybridized carbons (Fsp3) is 0.571. The Labute approximate surface area is 266 Å². The number of hydrogen-bond donors (Lipinski definition) is 1. The molecule has 2 bridgehead atoms. The molecular weight excluding hydrogens is 594 g/mol. The minimum atomic E-state index is -3.19. The van der Waals surface area contributed by atoms with E-state index in [1.807, 2.05) is 25.1 Å². The number of aryl methyl sites for hydroxylation is 1. The van der Waals surface area contributed by atoms with Crippen LogP contribution in [-0.4, -0.2) is 48.3 Å². The monoisotopic (exact) mass is 637 g/mol. The van der Waals surface area contributed by atoms with Gasteiger partial charge in [-0.2, -0.15) is 0 Å². The number of benzene rings is 2. The number of hydrogen-bond acceptors (Lipinski definition) is 5. The van der Waals surface area contributed by atoms with Gasteiger partial charge in [-0.05, 0) is 116 Å². The fourth-order valence-corrected chi connectivity index (χ4v) is 9.40. The number of halogens is 1. The lowest BCUT2D eigenvalue weighted by molar-refractivity contribution is -0.0182. The third-order valence-electron chi connectivity index (χ3n) is 10.5. The summed E-state index contributed by atoms with van der Waals surface area (Å²) in [5.74, 6) is 1.98. The summed E-state index contributed by atoms with van der Waals surface area (Å²) in [6.45, 7) is 5.01. The van der Waals surface area contributed by atoms with Crippen LogP contribution >= 0.6 is 11.6 Å². The molecule has 9 heteroatoms. The predicted molar refractivity (Wildman–Crippen MR) is 176 cm³/mol. The lowest BCUT2D eigenvalue weighted by Gasteiger charge is -2.46. The third kappa shape index (κ3) is 6.33. The smallest absolute Gasteiger partial charge is 0.286 e. The van der Waals surface area contributed by atoms with Crippen molar-refractivity contribution in [2.45, 2.75) is 69.8 Å². The van der Waals surface area contributed by atoms with Crippen molar-refractivity contribution in [3.63, 3.8) is 0 Å². The number of ether oxygens (including phenoxy) is 2. The summed E-state index contributed by atoms with van der Waals surface area (Å²) in [6.07, 6.45) is 13.1. The lowest BCUT2D eigenvalue weighted by Crippen LogP contribution is -2.49. The number of rotatable bonds is 3. The van der Waals surface area contributed by atoms with Gasteiger partial charge in [0.1, 0.15) is 15.7 Å². The third-order valence-corrected chi connectivity index (χ3v) is 12.2. The van der Waals surface area contributed by atoms with E-state index >= 15 is 0 Å². The van der Waals surface area contributed by atoms with Crippen LogP contribution < -0.4 is 14.8 Å². The molecule has 2 N–H and O–H groups in total. The van der Waals surface area contributed by atoms with E-state index in [2.05, 4.69) is 33.5 Å². The molecule has 7 nitrogen and oxygen atoms in total. The van der Waals surface area contributed by atoms with Gasteiger partial charge in [-0.25, -0.2) is 9.35 Å². The van der Waals surface area contributed by atoms with Crippen molar-refractivity contribution in [1.82, 2.24) is 0 Å². The number of nitrogens with two attached hydrogens (primary N) is 1. The second kappa shape index (κ2) is 12.1. The standard InChI is InChI=1S/C35H44ClN3O4S/c1-23-4-2-6-32(42-19-24-7-8-24)29-12-9-27(29)18-39-21-35(15-3-5-25-16-28(36)11-13-30(25)35)22-43-33-14-10-26(17-31(33)39)34(40)38-44(37,41)20-23/h2,6,10-11,13-14,16-17,23-24,27,29,32H,3-5,7-9,12,15,18-22H2,1H3,(H2,37,38,40,41)/b6-2+/t23-,27-,29+,32-,35-,44+/m0/s1. The van der Waals surface area contributed by atoms with Crippen molar-refractivity contribution >= 4 is 33.1 Å². The fourth-order valence-electron chi connectivity index (χ4n) is 7.79. The van der Waals surface area contributed by atoms with Crippen LogP contribution in [0.5, 0.6) is 5.75 Å². The quantitative estimate of drug-likeness (QED) is 0.378. The molecule has 2 saturated carbocycles. The molecule has 2 aromatic carbocycles. The minimum Gasteiger partial charge on any atom is -0.490 e. The van der Waals surface area contributed by atoms with Gasteiger partial charge in [0.2, 0.25) is 0 Å². The molecule has 1 amide bonds.